The van der Waals surface area contributed by atoms with E-state index < -0.39 is 0 Å². The van der Waals surface area contributed by atoms with E-state index in [0.717, 1.165) is 43.3 Å². The fourth-order valence-electron chi connectivity index (χ4n) is 3.08. The van der Waals surface area contributed by atoms with Crippen molar-refractivity contribution in [1.82, 2.24) is 5.32 Å². The molecule has 0 atom stereocenters. The Kier molecular flexibility index (Phi) is 5.84. The average Bonchev–Trinajstić information content (AvgIpc) is 2.46. The second kappa shape index (κ2) is 7.63. The number of benzene rings is 1. The number of nitrogens with one attached hydrogen (secondary N) is 1. The van der Waals surface area contributed by atoms with Crippen LogP contribution in [0.4, 0.5) is 10.1 Å². The lowest BCUT2D eigenvalue weighted by Crippen LogP contribution is -2.33. The van der Waals surface area contributed by atoms with E-state index in [1.165, 1.54) is 25.7 Å². The van der Waals surface area contributed by atoms with Gasteiger partial charge in [-0.3, -0.25) is 0 Å². The summed E-state index contributed by atoms with van der Waals surface area (Å²) in [6, 6.07) is 5.44. The molecule has 0 radical (unpaired) electrons. The van der Waals surface area contributed by atoms with Crippen molar-refractivity contribution in [1.29, 1.82) is 0 Å². The van der Waals surface area contributed by atoms with Crippen LogP contribution < -0.4 is 10.2 Å². The average molecular weight is 278 g/mol. The highest BCUT2D eigenvalue weighted by Crippen LogP contribution is 2.27. The van der Waals surface area contributed by atoms with Gasteiger partial charge in [-0.05, 0) is 49.1 Å². The highest BCUT2D eigenvalue weighted by atomic mass is 19.1. The number of piperidine rings is 1. The molecule has 1 aromatic rings. The molecule has 1 fully saturated rings. The Morgan fingerprint density at radius 3 is 2.60 bits per heavy atom. The zero-order valence-corrected chi connectivity index (χ0v) is 12.8. The third kappa shape index (κ3) is 4.20. The van der Waals surface area contributed by atoms with E-state index in [1.54, 1.807) is 12.1 Å². The first-order valence-electron chi connectivity index (χ1n) is 7.98. The molecule has 3 heteroatoms. The van der Waals surface area contributed by atoms with Gasteiger partial charge in [0.1, 0.15) is 5.82 Å². The Morgan fingerprint density at radius 1 is 1.20 bits per heavy atom. The molecule has 1 aromatic carbocycles. The lowest BCUT2D eigenvalue weighted by Gasteiger charge is -2.33. The molecular formula is C17H27FN2. The van der Waals surface area contributed by atoms with Crippen molar-refractivity contribution in [2.24, 2.45) is 5.92 Å². The molecule has 0 amide bonds. The summed E-state index contributed by atoms with van der Waals surface area (Å²) in [5.74, 6) is 0.747. The normalized spacial score (nSPS) is 16.6. The molecule has 1 aliphatic rings. The number of nitrogens with zero attached hydrogens (tertiary/aromatic N) is 1. The summed E-state index contributed by atoms with van der Waals surface area (Å²) in [6.07, 6.45) is 5.10. The van der Waals surface area contributed by atoms with Gasteiger partial charge in [0.2, 0.25) is 0 Å². The van der Waals surface area contributed by atoms with Crippen molar-refractivity contribution in [2.45, 2.75) is 46.1 Å². The van der Waals surface area contributed by atoms with E-state index in [2.05, 4.69) is 30.1 Å². The summed E-state index contributed by atoms with van der Waals surface area (Å²) in [5, 5.41) is 3.26. The highest BCUT2D eigenvalue weighted by Gasteiger charge is 2.19. The highest BCUT2D eigenvalue weighted by molar-refractivity contribution is 5.49. The van der Waals surface area contributed by atoms with Crippen LogP contribution in [0.15, 0.2) is 18.2 Å². The Morgan fingerprint density at radius 2 is 1.95 bits per heavy atom. The molecule has 20 heavy (non-hydrogen) atoms. The summed E-state index contributed by atoms with van der Waals surface area (Å²) in [4.78, 5) is 2.34. The molecule has 1 N–H and O–H groups in total. The molecule has 0 aromatic heterocycles. The van der Waals surface area contributed by atoms with Crippen LogP contribution in [-0.2, 0) is 6.54 Å². The summed E-state index contributed by atoms with van der Waals surface area (Å²) >= 11 is 0. The minimum Gasteiger partial charge on any atom is -0.371 e. The first kappa shape index (κ1) is 15.3. The van der Waals surface area contributed by atoms with Crippen LogP contribution in [0.2, 0.25) is 0 Å². The molecule has 0 saturated carbocycles. The van der Waals surface area contributed by atoms with Crippen molar-refractivity contribution in [3.8, 4) is 0 Å². The predicted molar refractivity (Wildman–Crippen MR) is 83.6 cm³/mol. The molecule has 1 saturated heterocycles. The van der Waals surface area contributed by atoms with Crippen LogP contribution in [0, 0.1) is 11.7 Å². The number of rotatable bonds is 6. The van der Waals surface area contributed by atoms with Crippen LogP contribution in [-0.4, -0.2) is 19.6 Å². The number of anilines is 1. The quantitative estimate of drug-likeness (QED) is 0.847. The first-order valence-corrected chi connectivity index (χ1v) is 7.98. The van der Waals surface area contributed by atoms with E-state index >= 15 is 0 Å². The van der Waals surface area contributed by atoms with Crippen LogP contribution in [0.1, 0.15) is 45.1 Å². The Labute approximate surface area is 122 Å². The van der Waals surface area contributed by atoms with Gasteiger partial charge >= 0.3 is 0 Å². The van der Waals surface area contributed by atoms with Gasteiger partial charge in [0, 0.05) is 25.3 Å². The van der Waals surface area contributed by atoms with E-state index in [4.69, 9.17) is 0 Å². The molecule has 2 nitrogen and oxygen atoms in total. The van der Waals surface area contributed by atoms with Gasteiger partial charge in [0.25, 0.3) is 0 Å². The maximum Gasteiger partial charge on any atom is 0.125 e. The smallest absolute Gasteiger partial charge is 0.125 e. The number of halogens is 1. The molecule has 0 spiro atoms. The predicted octanol–water partition coefficient (Wildman–Crippen LogP) is 3.95. The van der Waals surface area contributed by atoms with Crippen LogP contribution >= 0.6 is 0 Å². The van der Waals surface area contributed by atoms with Crippen molar-refractivity contribution in [3.05, 3.63) is 29.6 Å². The maximum absolute atomic E-state index is 13.8. The van der Waals surface area contributed by atoms with E-state index in [0.29, 0.717) is 0 Å². The molecule has 2 rings (SSSR count). The van der Waals surface area contributed by atoms with Crippen LogP contribution in [0.5, 0.6) is 0 Å². The van der Waals surface area contributed by atoms with E-state index in [1.807, 2.05) is 0 Å². The topological polar surface area (TPSA) is 15.3 Å². The molecular weight excluding hydrogens is 251 g/mol. The summed E-state index contributed by atoms with van der Waals surface area (Å²) in [7, 11) is 0. The lowest BCUT2D eigenvalue weighted by atomic mass is 9.92. The number of hydrogen-bond acceptors (Lipinski definition) is 2. The second-order valence-corrected chi connectivity index (χ2v) is 5.82. The third-order valence-corrected chi connectivity index (χ3v) is 4.20. The van der Waals surface area contributed by atoms with Crippen LogP contribution in [0.25, 0.3) is 0 Å². The van der Waals surface area contributed by atoms with Gasteiger partial charge in [-0.15, -0.1) is 0 Å². The van der Waals surface area contributed by atoms with E-state index in [9.17, 15) is 4.39 Å². The maximum atomic E-state index is 13.8. The molecule has 1 aliphatic heterocycles. The Bertz CT molecular complexity index is 411. The SMILES string of the molecule is CCCC1CCN(c2cc(F)cc(CNCC)c2)CC1. The van der Waals surface area contributed by atoms with Crippen molar-refractivity contribution in [3.63, 3.8) is 0 Å². The summed E-state index contributed by atoms with van der Waals surface area (Å²) in [5.41, 5.74) is 2.09. The third-order valence-electron chi connectivity index (χ3n) is 4.20. The zero-order valence-electron chi connectivity index (χ0n) is 12.8. The second-order valence-electron chi connectivity index (χ2n) is 5.82. The fraction of sp³-hybridized carbons (Fsp3) is 0.647. The molecule has 0 bridgehead atoms. The lowest BCUT2D eigenvalue weighted by molar-refractivity contribution is 0.378. The van der Waals surface area contributed by atoms with Gasteiger partial charge in [-0.25, -0.2) is 4.39 Å². The molecule has 112 valence electrons. The van der Waals surface area contributed by atoms with Crippen molar-refractivity contribution >= 4 is 5.69 Å². The fourth-order valence-corrected chi connectivity index (χ4v) is 3.08. The minimum absolute atomic E-state index is 0.119. The molecule has 1 heterocycles. The monoisotopic (exact) mass is 278 g/mol. The largest absolute Gasteiger partial charge is 0.371 e. The zero-order chi connectivity index (χ0) is 14.4. The summed E-state index contributed by atoms with van der Waals surface area (Å²) in [6.45, 7) is 8.11. The van der Waals surface area contributed by atoms with Gasteiger partial charge in [-0.2, -0.15) is 0 Å². The first-order chi connectivity index (χ1) is 9.72. The van der Waals surface area contributed by atoms with Crippen molar-refractivity contribution in [2.75, 3.05) is 24.5 Å². The van der Waals surface area contributed by atoms with Crippen LogP contribution in [0.3, 0.4) is 0 Å². The Balaban J connectivity index is 2.00. The van der Waals surface area contributed by atoms with E-state index in [-0.39, 0.29) is 5.82 Å². The van der Waals surface area contributed by atoms with Gasteiger partial charge in [0.15, 0.2) is 0 Å². The molecule has 0 unspecified atom stereocenters. The standard InChI is InChI=1S/C17H27FN2/c1-3-5-14-6-8-20(9-7-14)17-11-15(13-19-4-2)10-16(18)12-17/h10-12,14,19H,3-9,13H2,1-2H3. The van der Waals surface area contributed by atoms with Crippen molar-refractivity contribution < 1.29 is 4.39 Å². The Hall–Kier alpha value is -1.09. The minimum atomic E-state index is -0.119. The van der Waals surface area contributed by atoms with Gasteiger partial charge in [-0.1, -0.05) is 26.7 Å². The summed E-state index contributed by atoms with van der Waals surface area (Å²) < 4.78 is 13.8. The molecule has 0 aliphatic carbocycles. The van der Waals surface area contributed by atoms with Gasteiger partial charge < -0.3 is 10.2 Å². The van der Waals surface area contributed by atoms with Gasteiger partial charge in [0.05, 0.1) is 0 Å². The number of hydrogen-bond donors (Lipinski definition) is 1.